The van der Waals surface area contributed by atoms with Gasteiger partial charge in [-0.3, -0.25) is 0 Å². The summed E-state index contributed by atoms with van der Waals surface area (Å²) >= 11 is 0. The maximum Gasteiger partial charge on any atom is 0.0113 e. The highest BCUT2D eigenvalue weighted by molar-refractivity contribution is 5.20. The molecule has 4 rings (SSSR count). The molecule has 0 aliphatic carbocycles. The molecule has 1 nitrogen and oxygen atoms in total. The summed E-state index contributed by atoms with van der Waals surface area (Å²) < 4.78 is 0. The van der Waals surface area contributed by atoms with Gasteiger partial charge in [0.05, 0.1) is 0 Å². The third-order valence-corrected chi connectivity index (χ3v) is 5.72. The van der Waals surface area contributed by atoms with Gasteiger partial charge in [-0.05, 0) is 54.7 Å². The molecule has 1 aliphatic heterocycles. The Balaban J connectivity index is 1.47. The van der Waals surface area contributed by atoms with Crippen LogP contribution in [0.4, 0.5) is 0 Å². The molecule has 1 fully saturated rings. The van der Waals surface area contributed by atoms with Gasteiger partial charge in [0.1, 0.15) is 0 Å². The van der Waals surface area contributed by atoms with Crippen molar-refractivity contribution in [2.24, 2.45) is 5.92 Å². The van der Waals surface area contributed by atoms with Crippen LogP contribution in [0.1, 0.15) is 29.5 Å². The van der Waals surface area contributed by atoms with Crippen LogP contribution in [0.2, 0.25) is 0 Å². The van der Waals surface area contributed by atoms with Crippen molar-refractivity contribution in [3.63, 3.8) is 0 Å². The fourth-order valence-electron chi connectivity index (χ4n) is 4.57. The smallest absolute Gasteiger partial charge is 0.0113 e. The first-order chi connectivity index (χ1) is 13.3. The zero-order chi connectivity index (χ0) is 18.3. The summed E-state index contributed by atoms with van der Waals surface area (Å²) in [6, 6.07) is 34.0. The average molecular weight is 356 g/mol. The van der Waals surface area contributed by atoms with Crippen molar-refractivity contribution in [2.45, 2.75) is 44.2 Å². The molecule has 0 aromatic heterocycles. The van der Waals surface area contributed by atoms with E-state index in [0.717, 1.165) is 18.8 Å². The minimum absolute atomic E-state index is 0.559. The van der Waals surface area contributed by atoms with Gasteiger partial charge in [-0.25, -0.2) is 0 Å². The fourth-order valence-corrected chi connectivity index (χ4v) is 4.57. The lowest BCUT2D eigenvalue weighted by atomic mass is 9.80. The lowest BCUT2D eigenvalue weighted by Crippen LogP contribution is -2.48. The predicted molar refractivity (Wildman–Crippen MR) is 114 cm³/mol. The second-order valence-electron chi connectivity index (χ2n) is 7.97. The topological polar surface area (TPSA) is 12.0 Å². The van der Waals surface area contributed by atoms with Crippen LogP contribution in [0.3, 0.4) is 0 Å². The molecule has 0 amide bonds. The molecule has 1 aliphatic rings. The highest BCUT2D eigenvalue weighted by atomic mass is 15.0. The molecule has 3 aromatic rings. The van der Waals surface area contributed by atoms with Crippen LogP contribution in [0.15, 0.2) is 91.0 Å². The number of hydrogen-bond acceptors (Lipinski definition) is 1. The van der Waals surface area contributed by atoms with E-state index >= 15 is 0 Å². The molecule has 1 N–H and O–H groups in total. The molecular formula is C26H29N. The minimum Gasteiger partial charge on any atom is -0.311 e. The lowest BCUT2D eigenvalue weighted by molar-refractivity contribution is 0.237. The van der Waals surface area contributed by atoms with Gasteiger partial charge < -0.3 is 5.32 Å². The Morgan fingerprint density at radius 3 is 1.30 bits per heavy atom. The van der Waals surface area contributed by atoms with E-state index in [0.29, 0.717) is 12.1 Å². The maximum absolute atomic E-state index is 3.97. The average Bonchev–Trinajstić information content (AvgIpc) is 2.70. The van der Waals surface area contributed by atoms with Gasteiger partial charge in [-0.1, -0.05) is 91.0 Å². The van der Waals surface area contributed by atoms with Gasteiger partial charge in [0.25, 0.3) is 0 Å². The first-order valence-electron chi connectivity index (χ1n) is 10.2. The van der Waals surface area contributed by atoms with Crippen molar-refractivity contribution >= 4 is 0 Å². The van der Waals surface area contributed by atoms with E-state index < -0.39 is 0 Å². The Hall–Kier alpha value is -2.38. The van der Waals surface area contributed by atoms with Gasteiger partial charge in [0, 0.05) is 12.1 Å². The molecule has 27 heavy (non-hydrogen) atoms. The van der Waals surface area contributed by atoms with Crippen molar-refractivity contribution < 1.29 is 0 Å². The van der Waals surface area contributed by atoms with Gasteiger partial charge in [0.15, 0.2) is 0 Å². The molecule has 2 unspecified atom stereocenters. The summed E-state index contributed by atoms with van der Waals surface area (Å²) in [6.45, 7) is 0. The number of rotatable bonds is 6. The summed E-state index contributed by atoms with van der Waals surface area (Å²) in [6.07, 6.45) is 5.96. The summed E-state index contributed by atoms with van der Waals surface area (Å²) in [5, 5.41) is 3.97. The molecular weight excluding hydrogens is 326 g/mol. The summed E-state index contributed by atoms with van der Waals surface area (Å²) in [7, 11) is 0. The molecule has 1 heterocycles. The van der Waals surface area contributed by atoms with Crippen LogP contribution in [-0.4, -0.2) is 12.1 Å². The van der Waals surface area contributed by atoms with E-state index in [1.807, 2.05) is 0 Å². The van der Waals surface area contributed by atoms with Crippen LogP contribution in [-0.2, 0) is 19.3 Å². The molecule has 3 aromatic carbocycles. The highest BCUT2D eigenvalue weighted by Crippen LogP contribution is 2.27. The van der Waals surface area contributed by atoms with Crippen molar-refractivity contribution in [3.05, 3.63) is 108 Å². The highest BCUT2D eigenvalue weighted by Gasteiger charge is 2.28. The van der Waals surface area contributed by atoms with E-state index in [4.69, 9.17) is 0 Å². The second-order valence-corrected chi connectivity index (χ2v) is 7.97. The summed E-state index contributed by atoms with van der Waals surface area (Å²) in [4.78, 5) is 0. The number of benzene rings is 3. The number of nitrogens with one attached hydrogen (secondary N) is 1. The minimum atomic E-state index is 0.559. The van der Waals surface area contributed by atoms with Crippen LogP contribution in [0.5, 0.6) is 0 Å². The molecule has 0 saturated carbocycles. The Bertz CT molecular complexity index is 678. The monoisotopic (exact) mass is 355 g/mol. The summed E-state index contributed by atoms with van der Waals surface area (Å²) in [5.41, 5.74) is 4.35. The molecule has 0 spiro atoms. The van der Waals surface area contributed by atoms with Crippen LogP contribution >= 0.6 is 0 Å². The van der Waals surface area contributed by atoms with Crippen molar-refractivity contribution in [1.82, 2.24) is 5.32 Å². The van der Waals surface area contributed by atoms with E-state index in [1.165, 1.54) is 36.0 Å². The van der Waals surface area contributed by atoms with E-state index in [-0.39, 0.29) is 0 Å². The quantitative estimate of drug-likeness (QED) is 0.620. The van der Waals surface area contributed by atoms with E-state index in [2.05, 4.69) is 96.3 Å². The molecule has 1 heteroatoms. The Morgan fingerprint density at radius 1 is 0.519 bits per heavy atom. The van der Waals surface area contributed by atoms with Crippen molar-refractivity contribution in [1.29, 1.82) is 0 Å². The van der Waals surface area contributed by atoms with Gasteiger partial charge in [-0.2, -0.15) is 0 Å². The SMILES string of the molecule is c1ccc(CC2CC(Cc3ccccc3)NC(Cc3ccccc3)C2)cc1. The number of piperidine rings is 1. The first-order valence-corrected chi connectivity index (χ1v) is 10.2. The van der Waals surface area contributed by atoms with Gasteiger partial charge >= 0.3 is 0 Å². The zero-order valence-corrected chi connectivity index (χ0v) is 15.9. The van der Waals surface area contributed by atoms with Gasteiger partial charge in [-0.15, -0.1) is 0 Å². The molecule has 0 bridgehead atoms. The molecule has 1 saturated heterocycles. The third kappa shape index (κ3) is 5.30. The van der Waals surface area contributed by atoms with Gasteiger partial charge in [0.2, 0.25) is 0 Å². The zero-order valence-electron chi connectivity index (χ0n) is 15.9. The second kappa shape index (κ2) is 9.01. The van der Waals surface area contributed by atoms with E-state index in [9.17, 15) is 0 Å². The molecule has 2 atom stereocenters. The maximum atomic E-state index is 3.97. The van der Waals surface area contributed by atoms with Crippen LogP contribution in [0.25, 0.3) is 0 Å². The largest absolute Gasteiger partial charge is 0.311 e. The predicted octanol–water partition coefficient (Wildman–Crippen LogP) is 5.45. The standard InChI is InChI=1S/C26H29N/c1-4-10-21(11-5-1)16-24-19-25(17-22-12-6-2-7-13-22)27-26(20-24)18-23-14-8-3-9-15-23/h1-15,24-27H,16-20H2. The lowest BCUT2D eigenvalue weighted by Gasteiger charge is -2.37. The Kier molecular flexibility index (Phi) is 6.01. The first kappa shape index (κ1) is 18.0. The molecule has 138 valence electrons. The third-order valence-electron chi connectivity index (χ3n) is 5.72. The molecule has 0 radical (unpaired) electrons. The van der Waals surface area contributed by atoms with Crippen LogP contribution in [0, 0.1) is 5.92 Å². The van der Waals surface area contributed by atoms with E-state index in [1.54, 1.807) is 0 Å². The fraction of sp³-hybridized carbons (Fsp3) is 0.308. The van der Waals surface area contributed by atoms with Crippen molar-refractivity contribution in [3.8, 4) is 0 Å². The van der Waals surface area contributed by atoms with Crippen molar-refractivity contribution in [2.75, 3.05) is 0 Å². The Morgan fingerprint density at radius 2 is 0.889 bits per heavy atom. The summed E-state index contributed by atoms with van der Waals surface area (Å²) in [5.74, 6) is 0.746. The Labute approximate surface area is 163 Å². The number of hydrogen-bond donors (Lipinski definition) is 1. The normalized spacial score (nSPS) is 22.4. The van der Waals surface area contributed by atoms with Crippen LogP contribution < -0.4 is 5.32 Å².